The predicted molar refractivity (Wildman–Crippen MR) is 81.1 cm³/mol. The summed E-state index contributed by atoms with van der Waals surface area (Å²) >= 11 is 1.06. The quantitative estimate of drug-likeness (QED) is 0.493. The number of hydrazine groups is 1. The van der Waals surface area contributed by atoms with Crippen LogP contribution in [0, 0.1) is 10.1 Å². The number of methoxy groups -OCH3 is 1. The van der Waals surface area contributed by atoms with E-state index in [2.05, 4.69) is 15.2 Å². The lowest BCUT2D eigenvalue weighted by Crippen LogP contribution is -2.45. The highest BCUT2D eigenvalue weighted by Crippen LogP contribution is 2.33. The third-order valence-electron chi connectivity index (χ3n) is 3.13. The number of hydrogen-bond acceptors (Lipinski definition) is 8. The number of aliphatic imine (C=N–C) groups is 1. The molecular formula is C13H10N4O5S. The fourth-order valence-electron chi connectivity index (χ4n) is 2.05. The summed E-state index contributed by atoms with van der Waals surface area (Å²) in [4.78, 5) is 38.4. The first kappa shape index (κ1) is 15.0. The van der Waals surface area contributed by atoms with Crippen molar-refractivity contribution < 1.29 is 19.2 Å². The van der Waals surface area contributed by atoms with E-state index >= 15 is 0 Å². The zero-order chi connectivity index (χ0) is 16.6. The van der Waals surface area contributed by atoms with Crippen LogP contribution in [0.15, 0.2) is 40.2 Å². The van der Waals surface area contributed by atoms with Crippen LogP contribution in [0.4, 0.5) is 5.69 Å². The second-order valence-electron chi connectivity index (χ2n) is 4.55. The summed E-state index contributed by atoms with van der Waals surface area (Å²) in [6, 6.07) is 5.89. The average molecular weight is 334 g/mol. The number of hydrogen-bond donors (Lipinski definition) is 1. The lowest BCUT2D eigenvalue weighted by atomic mass is 10.2. The van der Waals surface area contributed by atoms with Crippen LogP contribution in [0.3, 0.4) is 0 Å². The minimum Gasteiger partial charge on any atom is -0.465 e. The van der Waals surface area contributed by atoms with Gasteiger partial charge in [-0.3, -0.25) is 20.3 Å². The summed E-state index contributed by atoms with van der Waals surface area (Å²) in [5.41, 5.74) is 2.52. The number of carbonyl (C=O) groups is 2. The van der Waals surface area contributed by atoms with Crippen LogP contribution in [0.1, 0.15) is 5.56 Å². The van der Waals surface area contributed by atoms with Crippen LogP contribution < -0.4 is 5.43 Å². The Morgan fingerprint density at radius 3 is 3.00 bits per heavy atom. The van der Waals surface area contributed by atoms with Crippen molar-refractivity contribution in [1.82, 2.24) is 10.4 Å². The molecule has 118 valence electrons. The maximum atomic E-state index is 12.0. The van der Waals surface area contributed by atoms with Gasteiger partial charge < -0.3 is 4.74 Å². The van der Waals surface area contributed by atoms with Crippen molar-refractivity contribution in [3.8, 4) is 0 Å². The number of thioether (sulfide) groups is 1. The van der Waals surface area contributed by atoms with E-state index in [4.69, 9.17) is 0 Å². The van der Waals surface area contributed by atoms with Crippen molar-refractivity contribution in [2.45, 2.75) is 5.50 Å². The van der Waals surface area contributed by atoms with Gasteiger partial charge >= 0.3 is 5.97 Å². The molecule has 0 fully saturated rings. The van der Waals surface area contributed by atoms with Crippen molar-refractivity contribution in [3.05, 3.63) is 50.9 Å². The van der Waals surface area contributed by atoms with Crippen molar-refractivity contribution in [1.29, 1.82) is 0 Å². The van der Waals surface area contributed by atoms with Crippen molar-refractivity contribution in [2.24, 2.45) is 4.99 Å². The SMILES string of the molecule is COC(=O)C1=CC(=O)N2NC(c3cccc([N+](=O)[O-])c3)=NC2S1. The van der Waals surface area contributed by atoms with Crippen LogP contribution in [-0.2, 0) is 14.3 Å². The maximum Gasteiger partial charge on any atom is 0.344 e. The summed E-state index contributed by atoms with van der Waals surface area (Å²) < 4.78 is 4.60. The van der Waals surface area contributed by atoms with E-state index in [1.54, 1.807) is 6.07 Å². The van der Waals surface area contributed by atoms with Gasteiger partial charge in [0.1, 0.15) is 4.91 Å². The van der Waals surface area contributed by atoms with Gasteiger partial charge in [-0.2, -0.15) is 0 Å². The van der Waals surface area contributed by atoms with Gasteiger partial charge in [0, 0.05) is 23.8 Å². The smallest absolute Gasteiger partial charge is 0.344 e. The molecule has 0 saturated heterocycles. The first-order valence-corrected chi connectivity index (χ1v) is 7.26. The molecule has 0 aliphatic carbocycles. The maximum absolute atomic E-state index is 12.0. The number of amidine groups is 1. The summed E-state index contributed by atoms with van der Waals surface area (Å²) in [7, 11) is 1.23. The number of ether oxygens (including phenoxy) is 1. The minimum atomic E-state index is -0.670. The highest BCUT2D eigenvalue weighted by molar-refractivity contribution is 8.04. The van der Waals surface area contributed by atoms with Crippen LogP contribution in [0.5, 0.6) is 0 Å². The third-order valence-corrected chi connectivity index (χ3v) is 4.19. The number of nitrogens with one attached hydrogen (secondary N) is 1. The molecule has 0 spiro atoms. The van der Waals surface area contributed by atoms with Crippen LogP contribution >= 0.6 is 11.8 Å². The Bertz CT molecular complexity index is 775. The van der Waals surface area contributed by atoms with Crippen molar-refractivity contribution >= 4 is 35.2 Å². The number of benzene rings is 1. The Morgan fingerprint density at radius 1 is 1.52 bits per heavy atom. The van der Waals surface area contributed by atoms with E-state index in [0.717, 1.165) is 17.8 Å². The molecule has 0 aromatic heterocycles. The van der Waals surface area contributed by atoms with Gasteiger partial charge in [-0.05, 0) is 0 Å². The molecule has 2 heterocycles. The van der Waals surface area contributed by atoms with E-state index in [1.165, 1.54) is 30.3 Å². The molecule has 1 N–H and O–H groups in total. The number of non-ortho nitro benzene ring substituents is 1. The lowest BCUT2D eigenvalue weighted by molar-refractivity contribution is -0.384. The minimum absolute atomic E-state index is 0.0794. The molecule has 0 saturated carbocycles. The fraction of sp³-hybridized carbons (Fsp3) is 0.154. The first-order chi connectivity index (χ1) is 11.0. The lowest BCUT2D eigenvalue weighted by Gasteiger charge is -2.25. The van der Waals surface area contributed by atoms with Gasteiger partial charge in [-0.15, -0.1) is 0 Å². The number of esters is 1. The molecule has 1 amide bonds. The number of nitro groups is 1. The number of carbonyl (C=O) groups excluding carboxylic acids is 2. The molecule has 1 aromatic carbocycles. The summed E-state index contributed by atoms with van der Waals surface area (Å²) in [6.45, 7) is 0. The van der Waals surface area contributed by atoms with Gasteiger partial charge in [-0.25, -0.2) is 14.8 Å². The molecule has 1 unspecified atom stereocenters. The molecular weight excluding hydrogens is 324 g/mol. The standard InChI is InChI=1S/C13H10N4O5S/c1-22-12(19)9-6-10(18)16-13(23-9)14-11(15-16)7-3-2-4-8(5-7)17(20)21/h2-6,13H,1H3,(H,14,15). The van der Waals surface area contributed by atoms with E-state index in [1.807, 2.05) is 0 Å². The van der Waals surface area contributed by atoms with Crippen LogP contribution in [-0.4, -0.2) is 40.3 Å². The molecule has 1 atom stereocenters. The summed E-state index contributed by atoms with van der Waals surface area (Å²) in [5, 5.41) is 12.1. The fourth-order valence-corrected chi connectivity index (χ4v) is 3.05. The Labute approximate surface area is 134 Å². The molecule has 2 aliphatic rings. The van der Waals surface area contributed by atoms with Gasteiger partial charge in [-0.1, -0.05) is 23.9 Å². The molecule has 9 nitrogen and oxygen atoms in total. The molecule has 0 radical (unpaired) electrons. The van der Waals surface area contributed by atoms with E-state index < -0.39 is 22.3 Å². The van der Waals surface area contributed by atoms with Crippen molar-refractivity contribution in [3.63, 3.8) is 0 Å². The predicted octanol–water partition coefficient (Wildman–Crippen LogP) is 0.775. The van der Waals surface area contributed by atoms with E-state index in [9.17, 15) is 19.7 Å². The third kappa shape index (κ3) is 2.75. The van der Waals surface area contributed by atoms with Crippen molar-refractivity contribution in [2.75, 3.05) is 7.11 Å². The Balaban J connectivity index is 1.87. The van der Waals surface area contributed by atoms with Crippen LogP contribution in [0.2, 0.25) is 0 Å². The molecule has 23 heavy (non-hydrogen) atoms. The molecule has 10 heteroatoms. The molecule has 1 aromatic rings. The van der Waals surface area contributed by atoms with E-state index in [0.29, 0.717) is 11.4 Å². The number of fused-ring (bicyclic) bond motifs is 1. The molecule has 0 bridgehead atoms. The number of rotatable bonds is 3. The summed E-state index contributed by atoms with van der Waals surface area (Å²) in [5.74, 6) is -0.737. The molecule has 2 aliphatic heterocycles. The largest absolute Gasteiger partial charge is 0.465 e. The zero-order valence-corrected chi connectivity index (χ0v) is 12.6. The Morgan fingerprint density at radius 2 is 2.30 bits per heavy atom. The van der Waals surface area contributed by atoms with Gasteiger partial charge in [0.2, 0.25) is 0 Å². The summed E-state index contributed by atoms with van der Waals surface area (Å²) in [6.07, 6.45) is 1.16. The highest BCUT2D eigenvalue weighted by atomic mass is 32.2. The number of nitrogens with zero attached hydrogens (tertiary/aromatic N) is 3. The Kier molecular flexibility index (Phi) is 3.74. The van der Waals surface area contributed by atoms with Gasteiger partial charge in [0.15, 0.2) is 11.3 Å². The monoisotopic (exact) mass is 334 g/mol. The Hall–Kier alpha value is -2.88. The second kappa shape index (κ2) is 5.72. The van der Waals surface area contributed by atoms with Gasteiger partial charge in [0.05, 0.1) is 12.0 Å². The highest BCUT2D eigenvalue weighted by Gasteiger charge is 2.37. The van der Waals surface area contributed by atoms with E-state index in [-0.39, 0.29) is 10.6 Å². The first-order valence-electron chi connectivity index (χ1n) is 6.39. The van der Waals surface area contributed by atoms with Gasteiger partial charge in [0.25, 0.3) is 11.6 Å². The second-order valence-corrected chi connectivity index (χ2v) is 5.65. The number of amides is 1. The topological polar surface area (TPSA) is 114 Å². The normalized spacial score (nSPS) is 19.4. The number of nitro benzene ring substituents is 1. The average Bonchev–Trinajstić information content (AvgIpc) is 2.99. The van der Waals surface area contributed by atoms with Crippen LogP contribution in [0.25, 0.3) is 0 Å². The zero-order valence-electron chi connectivity index (χ0n) is 11.8. The molecule has 3 rings (SSSR count).